The van der Waals surface area contributed by atoms with Crippen molar-refractivity contribution in [3.63, 3.8) is 0 Å². The highest BCUT2D eigenvalue weighted by molar-refractivity contribution is 7.93. The Morgan fingerprint density at radius 1 is 0.879 bits per heavy atom. The fraction of sp³-hybridized carbons (Fsp3) is 0.0476. The summed E-state index contributed by atoms with van der Waals surface area (Å²) in [4.78, 5) is 27.3. The summed E-state index contributed by atoms with van der Waals surface area (Å²) < 4.78 is 39.1. The summed E-state index contributed by atoms with van der Waals surface area (Å²) in [7, 11) is -9.17. The van der Waals surface area contributed by atoms with E-state index in [-0.39, 0.29) is 20.6 Å². The van der Waals surface area contributed by atoms with E-state index in [0.29, 0.717) is 15.5 Å². The van der Waals surface area contributed by atoms with E-state index >= 15 is 0 Å². The van der Waals surface area contributed by atoms with Gasteiger partial charge in [-0.05, 0) is 53.2 Å². The third-order valence-corrected chi connectivity index (χ3v) is 7.70. The molecular formula is C21H16Cl2N3O5PS. The molecule has 0 unspecified atom stereocenters. The maximum absolute atomic E-state index is 13.3. The Balaban J connectivity index is 1.81. The van der Waals surface area contributed by atoms with Gasteiger partial charge in [-0.2, -0.15) is 0 Å². The summed E-state index contributed by atoms with van der Waals surface area (Å²) in [5.41, 5.74) is 0.842. The number of anilines is 1. The van der Waals surface area contributed by atoms with Gasteiger partial charge in [0, 0.05) is 28.0 Å². The van der Waals surface area contributed by atoms with Gasteiger partial charge in [0.25, 0.3) is 10.0 Å². The molecule has 33 heavy (non-hydrogen) atoms. The Morgan fingerprint density at radius 3 is 2.12 bits per heavy atom. The molecule has 1 heterocycles. The Kier molecular flexibility index (Phi) is 6.46. The molecule has 170 valence electrons. The largest absolute Gasteiger partial charge is 0.345 e. The van der Waals surface area contributed by atoms with Crippen LogP contribution in [-0.2, 0) is 14.6 Å². The first-order chi connectivity index (χ1) is 15.5. The van der Waals surface area contributed by atoms with Crippen molar-refractivity contribution < 1.29 is 22.8 Å². The van der Waals surface area contributed by atoms with Crippen molar-refractivity contribution in [1.29, 1.82) is 0 Å². The quantitative estimate of drug-likeness (QED) is 0.343. The van der Waals surface area contributed by atoms with E-state index in [4.69, 9.17) is 23.2 Å². The first-order valence-corrected chi connectivity index (χ1v) is 13.4. The van der Waals surface area contributed by atoms with Gasteiger partial charge in [0.2, 0.25) is 0 Å². The average molecular weight is 524 g/mol. The Hall–Kier alpha value is -2.52. The molecule has 2 N–H and O–H groups in total. The van der Waals surface area contributed by atoms with Crippen LogP contribution >= 0.6 is 30.8 Å². The van der Waals surface area contributed by atoms with Crippen LogP contribution in [0.1, 0.15) is 0 Å². The smallest absolute Gasteiger partial charge is 0.323 e. The SMILES string of the molecule is O=P(O)(O)CN(c1ccc2cc(-c3ncccn3)ccc2c1)S(=O)(=O)c1cc(Cl)cc(Cl)c1. The van der Waals surface area contributed by atoms with Gasteiger partial charge in [-0.15, -0.1) is 0 Å². The van der Waals surface area contributed by atoms with Crippen LogP contribution in [0.15, 0.2) is 78.0 Å². The van der Waals surface area contributed by atoms with E-state index < -0.39 is 23.9 Å². The Morgan fingerprint density at radius 2 is 1.48 bits per heavy atom. The lowest BCUT2D eigenvalue weighted by Crippen LogP contribution is -2.32. The second-order valence-electron chi connectivity index (χ2n) is 7.08. The van der Waals surface area contributed by atoms with Crippen molar-refractivity contribution in [2.45, 2.75) is 4.90 Å². The second kappa shape index (κ2) is 9.02. The third kappa shape index (κ3) is 5.35. The molecule has 0 aliphatic carbocycles. The lowest BCUT2D eigenvalue weighted by atomic mass is 10.1. The first kappa shape index (κ1) is 23.6. The molecule has 8 nitrogen and oxygen atoms in total. The zero-order chi connectivity index (χ0) is 23.8. The van der Waals surface area contributed by atoms with Crippen LogP contribution < -0.4 is 4.31 Å². The highest BCUT2D eigenvalue weighted by atomic mass is 35.5. The number of rotatable bonds is 6. The molecular weight excluding hydrogens is 508 g/mol. The number of halogens is 2. The van der Waals surface area contributed by atoms with E-state index in [1.807, 2.05) is 6.07 Å². The van der Waals surface area contributed by atoms with E-state index in [2.05, 4.69) is 9.97 Å². The van der Waals surface area contributed by atoms with E-state index in [1.54, 1.807) is 36.7 Å². The zero-order valence-corrected chi connectivity index (χ0v) is 19.9. The topological polar surface area (TPSA) is 121 Å². The van der Waals surface area contributed by atoms with Gasteiger partial charge in [-0.3, -0.25) is 8.87 Å². The highest BCUT2D eigenvalue weighted by Crippen LogP contribution is 2.40. The molecule has 0 saturated carbocycles. The van der Waals surface area contributed by atoms with Gasteiger partial charge < -0.3 is 9.79 Å². The van der Waals surface area contributed by atoms with Gasteiger partial charge in [-0.1, -0.05) is 41.4 Å². The van der Waals surface area contributed by atoms with Crippen LogP contribution in [0.25, 0.3) is 22.2 Å². The lowest BCUT2D eigenvalue weighted by molar-refractivity contribution is 0.373. The Bertz CT molecular complexity index is 1480. The number of sulfonamides is 1. The number of fused-ring (bicyclic) bond motifs is 1. The van der Waals surface area contributed by atoms with Gasteiger partial charge >= 0.3 is 7.60 Å². The minimum Gasteiger partial charge on any atom is -0.323 e. The highest BCUT2D eigenvalue weighted by Gasteiger charge is 2.31. The molecule has 4 rings (SSSR count). The molecule has 0 fully saturated rings. The molecule has 0 aliphatic rings. The first-order valence-electron chi connectivity index (χ1n) is 9.38. The van der Waals surface area contributed by atoms with E-state index in [0.717, 1.165) is 10.9 Å². The average Bonchev–Trinajstić information content (AvgIpc) is 2.76. The number of nitrogens with zero attached hydrogens (tertiary/aromatic N) is 3. The summed E-state index contributed by atoms with van der Waals surface area (Å²) in [6, 6.07) is 15.4. The summed E-state index contributed by atoms with van der Waals surface area (Å²) in [6.07, 6.45) is 2.20. The fourth-order valence-corrected chi connectivity index (χ4v) is 6.65. The van der Waals surface area contributed by atoms with Crippen molar-refractivity contribution in [3.05, 3.63) is 83.1 Å². The van der Waals surface area contributed by atoms with Crippen molar-refractivity contribution in [2.75, 3.05) is 10.6 Å². The van der Waals surface area contributed by atoms with Gasteiger partial charge in [0.1, 0.15) is 6.29 Å². The zero-order valence-electron chi connectivity index (χ0n) is 16.7. The van der Waals surface area contributed by atoms with Crippen LogP contribution in [0.4, 0.5) is 5.69 Å². The van der Waals surface area contributed by atoms with Crippen molar-refractivity contribution in [3.8, 4) is 11.4 Å². The maximum Gasteiger partial charge on any atom is 0.345 e. The summed E-state index contributed by atoms with van der Waals surface area (Å²) >= 11 is 11.9. The maximum atomic E-state index is 13.3. The standard InChI is InChI=1S/C21H16Cl2N3O5PS/c22-17-10-18(23)12-20(11-17)33(30,31)26(13-32(27,28)29)19-5-4-14-8-16(3-2-15(14)9-19)21-24-6-1-7-25-21/h1-12H,13H2,(H2,27,28,29). The predicted octanol–water partition coefficient (Wildman–Crippen LogP) is 4.93. The molecule has 0 amide bonds. The lowest BCUT2D eigenvalue weighted by Gasteiger charge is -2.25. The molecule has 4 aromatic rings. The summed E-state index contributed by atoms with van der Waals surface area (Å²) in [6.45, 7) is 0. The van der Waals surface area contributed by atoms with Crippen LogP contribution in [0.2, 0.25) is 10.0 Å². The van der Waals surface area contributed by atoms with E-state index in [1.165, 1.54) is 30.3 Å². The van der Waals surface area contributed by atoms with E-state index in [9.17, 15) is 22.8 Å². The molecule has 3 aromatic carbocycles. The van der Waals surface area contributed by atoms with Gasteiger partial charge in [0.15, 0.2) is 5.82 Å². The number of hydrogen-bond donors (Lipinski definition) is 2. The Labute approximate surface area is 199 Å². The molecule has 12 heteroatoms. The molecule has 1 aromatic heterocycles. The van der Waals surface area contributed by atoms with Crippen molar-refractivity contribution in [2.24, 2.45) is 0 Å². The van der Waals surface area contributed by atoms with Crippen molar-refractivity contribution in [1.82, 2.24) is 9.97 Å². The summed E-state index contributed by atoms with van der Waals surface area (Å²) in [5.74, 6) is 0.534. The molecule has 0 spiro atoms. The second-order valence-corrected chi connectivity index (χ2v) is 11.4. The minimum absolute atomic E-state index is 0.0747. The van der Waals surface area contributed by atoms with Crippen LogP contribution in [0, 0.1) is 0 Å². The molecule has 0 radical (unpaired) electrons. The van der Waals surface area contributed by atoms with Crippen LogP contribution in [-0.4, -0.2) is 34.5 Å². The fourth-order valence-electron chi connectivity index (χ4n) is 3.24. The molecule has 0 atom stereocenters. The van der Waals surface area contributed by atoms with Crippen LogP contribution in [0.5, 0.6) is 0 Å². The molecule has 0 bridgehead atoms. The monoisotopic (exact) mass is 523 g/mol. The summed E-state index contributed by atoms with van der Waals surface area (Å²) in [5, 5.41) is 1.57. The number of aromatic nitrogens is 2. The van der Waals surface area contributed by atoms with Gasteiger partial charge in [-0.25, -0.2) is 18.4 Å². The number of benzene rings is 3. The third-order valence-electron chi connectivity index (χ3n) is 4.67. The van der Waals surface area contributed by atoms with Crippen molar-refractivity contribution >= 4 is 57.3 Å². The minimum atomic E-state index is -4.77. The normalized spacial score (nSPS) is 12.1. The van der Waals surface area contributed by atoms with Gasteiger partial charge in [0.05, 0.1) is 10.6 Å². The molecule has 0 saturated heterocycles. The predicted molar refractivity (Wildman–Crippen MR) is 128 cm³/mol. The number of hydrogen-bond acceptors (Lipinski definition) is 5. The van der Waals surface area contributed by atoms with Crippen LogP contribution in [0.3, 0.4) is 0 Å². The molecule has 0 aliphatic heterocycles.